The first-order valence-electron chi connectivity index (χ1n) is 10.1. The van der Waals surface area contributed by atoms with E-state index in [0.29, 0.717) is 19.4 Å². The normalized spacial score (nSPS) is 14.3. The van der Waals surface area contributed by atoms with Crippen LogP contribution in [0.15, 0.2) is 0 Å². The zero-order valence-corrected chi connectivity index (χ0v) is 18.0. The molecule has 15 nitrogen and oxygen atoms in total. The molecule has 4 atom stereocenters. The van der Waals surface area contributed by atoms with Crippen molar-refractivity contribution in [1.82, 2.24) is 16.0 Å². The zero-order valence-electron chi connectivity index (χ0n) is 18.0. The Labute approximate surface area is 189 Å². The Kier molecular flexibility index (Phi) is 13.9. The molecule has 0 fully saturated rings. The minimum atomic E-state index is -1.67. The topological polar surface area (TPSA) is 277 Å². The van der Waals surface area contributed by atoms with Crippen LogP contribution in [0.5, 0.6) is 0 Å². The highest BCUT2D eigenvalue weighted by Crippen LogP contribution is 2.03. The van der Waals surface area contributed by atoms with Crippen molar-refractivity contribution < 1.29 is 44.1 Å². The van der Waals surface area contributed by atoms with Crippen LogP contribution in [0.1, 0.15) is 38.5 Å². The van der Waals surface area contributed by atoms with Crippen molar-refractivity contribution in [3.05, 3.63) is 0 Å². The molecular formula is C18H32N6O9. The molecule has 4 unspecified atom stereocenters. The highest BCUT2D eigenvalue weighted by Gasteiger charge is 2.31. The van der Waals surface area contributed by atoms with Gasteiger partial charge in [-0.3, -0.25) is 24.0 Å². The predicted molar refractivity (Wildman–Crippen MR) is 112 cm³/mol. The highest BCUT2D eigenvalue weighted by atomic mass is 16.4. The molecule has 0 aliphatic carbocycles. The van der Waals surface area contributed by atoms with E-state index in [0.717, 1.165) is 0 Å². The number of carboxylic acids is 2. The molecule has 0 radical (unpaired) electrons. The van der Waals surface area contributed by atoms with E-state index in [1.807, 2.05) is 0 Å². The van der Waals surface area contributed by atoms with Crippen molar-refractivity contribution >= 4 is 35.6 Å². The van der Waals surface area contributed by atoms with Gasteiger partial charge in [0.1, 0.15) is 18.1 Å². The quantitative estimate of drug-likeness (QED) is 0.0905. The van der Waals surface area contributed by atoms with Crippen LogP contribution in [-0.4, -0.2) is 88.2 Å². The maximum absolute atomic E-state index is 12.5. The number of carbonyl (C=O) groups excluding carboxylic acids is 4. The number of aliphatic hydroxyl groups is 1. The number of carbonyl (C=O) groups is 6. The minimum Gasteiger partial charge on any atom is -0.481 e. The Morgan fingerprint density at radius 2 is 1.33 bits per heavy atom. The second kappa shape index (κ2) is 15.5. The lowest BCUT2D eigenvalue weighted by molar-refractivity contribution is -0.143. The third-order valence-electron chi connectivity index (χ3n) is 4.43. The summed E-state index contributed by atoms with van der Waals surface area (Å²) in [5.41, 5.74) is 15.9. The number of aliphatic carboxylic acids is 2. The van der Waals surface area contributed by atoms with E-state index in [-0.39, 0.29) is 19.3 Å². The fourth-order valence-corrected chi connectivity index (χ4v) is 2.58. The first-order chi connectivity index (χ1) is 15.4. The van der Waals surface area contributed by atoms with Gasteiger partial charge in [0.15, 0.2) is 0 Å². The molecule has 0 rings (SSSR count). The molecule has 0 heterocycles. The van der Waals surface area contributed by atoms with Gasteiger partial charge in [-0.2, -0.15) is 0 Å². The van der Waals surface area contributed by atoms with Gasteiger partial charge in [-0.25, -0.2) is 4.79 Å². The van der Waals surface area contributed by atoms with E-state index in [1.54, 1.807) is 0 Å². The van der Waals surface area contributed by atoms with Gasteiger partial charge in [0.25, 0.3) is 0 Å². The number of unbranched alkanes of at least 4 members (excludes halogenated alkanes) is 1. The molecule has 188 valence electrons. The summed E-state index contributed by atoms with van der Waals surface area (Å²) in [6, 6.07) is -5.85. The summed E-state index contributed by atoms with van der Waals surface area (Å²) in [5, 5.41) is 34.1. The maximum atomic E-state index is 12.5. The number of aliphatic hydroxyl groups excluding tert-OH is 1. The first-order valence-corrected chi connectivity index (χ1v) is 10.1. The monoisotopic (exact) mass is 476 g/mol. The summed E-state index contributed by atoms with van der Waals surface area (Å²) in [6.45, 7) is -0.600. The van der Waals surface area contributed by atoms with Gasteiger partial charge in [0.05, 0.1) is 19.1 Å². The summed E-state index contributed by atoms with van der Waals surface area (Å²) in [4.78, 5) is 70.2. The van der Waals surface area contributed by atoms with Crippen LogP contribution in [0.2, 0.25) is 0 Å². The van der Waals surface area contributed by atoms with Crippen molar-refractivity contribution in [3.8, 4) is 0 Å². The summed E-state index contributed by atoms with van der Waals surface area (Å²) in [5.74, 6) is -6.59. The summed E-state index contributed by atoms with van der Waals surface area (Å²) < 4.78 is 0. The van der Waals surface area contributed by atoms with Gasteiger partial charge in [-0.05, 0) is 32.2 Å². The fourth-order valence-electron chi connectivity index (χ4n) is 2.58. The Bertz CT molecular complexity index is 718. The van der Waals surface area contributed by atoms with Gasteiger partial charge >= 0.3 is 11.9 Å². The highest BCUT2D eigenvalue weighted by molar-refractivity contribution is 5.95. The van der Waals surface area contributed by atoms with Gasteiger partial charge in [-0.1, -0.05) is 0 Å². The van der Waals surface area contributed by atoms with E-state index in [1.165, 1.54) is 0 Å². The van der Waals surface area contributed by atoms with Gasteiger partial charge in [0, 0.05) is 6.42 Å². The smallest absolute Gasteiger partial charge is 0.326 e. The number of amides is 4. The lowest BCUT2D eigenvalue weighted by atomic mass is 10.1. The molecular weight excluding hydrogens is 444 g/mol. The lowest BCUT2D eigenvalue weighted by Crippen LogP contribution is -2.58. The molecule has 4 amide bonds. The van der Waals surface area contributed by atoms with Crippen LogP contribution in [0, 0.1) is 0 Å². The number of nitrogens with two attached hydrogens (primary N) is 3. The number of rotatable bonds is 17. The summed E-state index contributed by atoms with van der Waals surface area (Å²) in [7, 11) is 0. The van der Waals surface area contributed by atoms with Crippen LogP contribution in [0.3, 0.4) is 0 Å². The zero-order chi connectivity index (χ0) is 25.6. The average Bonchev–Trinajstić information content (AvgIpc) is 2.73. The maximum Gasteiger partial charge on any atom is 0.326 e. The molecule has 0 aromatic rings. The molecule has 0 aromatic carbocycles. The van der Waals surface area contributed by atoms with Crippen LogP contribution < -0.4 is 33.2 Å². The first kappa shape index (κ1) is 29.7. The Morgan fingerprint density at radius 3 is 1.82 bits per heavy atom. The van der Waals surface area contributed by atoms with E-state index in [2.05, 4.69) is 16.0 Å². The largest absolute Gasteiger partial charge is 0.481 e. The second-order valence-corrected chi connectivity index (χ2v) is 7.20. The number of primary amides is 1. The Morgan fingerprint density at radius 1 is 0.788 bits per heavy atom. The van der Waals surface area contributed by atoms with Crippen LogP contribution in [0.25, 0.3) is 0 Å². The van der Waals surface area contributed by atoms with Crippen molar-refractivity contribution in [2.24, 2.45) is 17.2 Å². The van der Waals surface area contributed by atoms with Gasteiger partial charge in [-0.15, -0.1) is 0 Å². The van der Waals surface area contributed by atoms with Crippen LogP contribution in [0.4, 0.5) is 0 Å². The molecule has 0 saturated carbocycles. The van der Waals surface area contributed by atoms with Crippen molar-refractivity contribution in [2.75, 3.05) is 13.2 Å². The van der Waals surface area contributed by atoms with Crippen molar-refractivity contribution in [3.63, 3.8) is 0 Å². The van der Waals surface area contributed by atoms with E-state index < -0.39 is 72.8 Å². The Hall–Kier alpha value is -3.30. The fraction of sp³-hybridized carbons (Fsp3) is 0.667. The molecule has 0 aliphatic rings. The standard InChI is InChI=1S/C18H32N6O9/c19-6-2-1-3-10(18(32)33)22-17(31)12(8-25)24-16(30)11(7-14(27)28)23-15(29)9(20)4-5-13(21)26/h9-12,25H,1-8,19-20H2,(H2,21,26)(H,22,31)(H,23,29)(H,24,30)(H,27,28)(H,32,33). The van der Waals surface area contributed by atoms with Crippen LogP contribution in [-0.2, 0) is 28.8 Å². The van der Waals surface area contributed by atoms with Gasteiger partial charge < -0.3 is 48.5 Å². The predicted octanol–water partition coefficient (Wildman–Crippen LogP) is -4.29. The number of carboxylic acid groups (broad SMARTS) is 2. The second-order valence-electron chi connectivity index (χ2n) is 7.20. The molecule has 12 N–H and O–H groups in total. The van der Waals surface area contributed by atoms with Crippen molar-refractivity contribution in [1.29, 1.82) is 0 Å². The van der Waals surface area contributed by atoms with Gasteiger partial charge in [0.2, 0.25) is 23.6 Å². The molecule has 0 aliphatic heterocycles. The number of hydrogen-bond donors (Lipinski definition) is 9. The third-order valence-corrected chi connectivity index (χ3v) is 4.43. The summed E-state index contributed by atoms with van der Waals surface area (Å²) in [6.07, 6.45) is -0.245. The molecule has 0 aromatic heterocycles. The number of hydrogen-bond acceptors (Lipinski definition) is 9. The SMILES string of the molecule is NCCCCC(NC(=O)C(CO)NC(=O)C(CC(=O)O)NC(=O)C(N)CCC(N)=O)C(=O)O. The molecule has 0 bridgehead atoms. The summed E-state index contributed by atoms with van der Waals surface area (Å²) >= 11 is 0. The molecule has 0 saturated heterocycles. The third kappa shape index (κ3) is 12.4. The molecule has 0 spiro atoms. The average molecular weight is 476 g/mol. The van der Waals surface area contributed by atoms with Crippen molar-refractivity contribution in [2.45, 2.75) is 62.7 Å². The molecule has 33 heavy (non-hydrogen) atoms. The number of nitrogens with one attached hydrogen (secondary N) is 3. The van der Waals surface area contributed by atoms with E-state index >= 15 is 0 Å². The minimum absolute atomic E-state index is 0.0608. The van der Waals surface area contributed by atoms with Crippen LogP contribution >= 0.6 is 0 Å². The van der Waals surface area contributed by atoms with E-state index in [9.17, 15) is 39.0 Å². The molecule has 15 heteroatoms. The van der Waals surface area contributed by atoms with E-state index in [4.69, 9.17) is 22.3 Å². The lowest BCUT2D eigenvalue weighted by Gasteiger charge is -2.23. The Balaban J connectivity index is 5.19.